The Morgan fingerprint density at radius 3 is 2.75 bits per heavy atom. The van der Waals surface area contributed by atoms with E-state index >= 15 is 0 Å². The molecular formula is C15H27N5O3Si. The van der Waals surface area contributed by atoms with Crippen LogP contribution < -0.4 is 11.3 Å². The number of aromatic amines is 1. The van der Waals surface area contributed by atoms with Crippen LogP contribution in [0.3, 0.4) is 0 Å². The van der Waals surface area contributed by atoms with Gasteiger partial charge in [-0.05, 0) is 24.6 Å². The van der Waals surface area contributed by atoms with Crippen molar-refractivity contribution in [1.82, 2.24) is 19.5 Å². The Kier molecular flexibility index (Phi) is 5.16. The minimum atomic E-state index is -1.88. The molecule has 2 aromatic rings. The highest BCUT2D eigenvalue weighted by molar-refractivity contribution is 6.74. The lowest BCUT2D eigenvalue weighted by molar-refractivity contribution is 0.0894. The summed E-state index contributed by atoms with van der Waals surface area (Å²) < 4.78 is 7.74. The molecule has 0 aliphatic carbocycles. The molecule has 0 aliphatic heterocycles. The second-order valence-corrected chi connectivity index (χ2v) is 12.4. The van der Waals surface area contributed by atoms with Gasteiger partial charge in [0.25, 0.3) is 5.56 Å². The predicted octanol–water partition coefficient (Wildman–Crippen LogP) is 1.47. The molecule has 0 saturated carbocycles. The molecule has 0 saturated heterocycles. The summed E-state index contributed by atoms with van der Waals surface area (Å²) in [6.07, 6.45) is 1.43. The number of nitrogen functional groups attached to an aromatic ring is 1. The van der Waals surface area contributed by atoms with Crippen LogP contribution in [0, 0.1) is 0 Å². The number of nitrogens with two attached hydrogens (primary N) is 1. The summed E-state index contributed by atoms with van der Waals surface area (Å²) >= 11 is 0. The summed E-state index contributed by atoms with van der Waals surface area (Å²) in [6, 6.07) is 0. The largest absolute Gasteiger partial charge is 0.414 e. The van der Waals surface area contributed by atoms with Gasteiger partial charge in [0.15, 0.2) is 19.5 Å². The van der Waals surface area contributed by atoms with Crippen LogP contribution in [0.4, 0.5) is 5.95 Å². The van der Waals surface area contributed by atoms with Crippen LogP contribution in [-0.2, 0) is 11.0 Å². The van der Waals surface area contributed by atoms with Crippen molar-refractivity contribution < 1.29 is 9.53 Å². The minimum absolute atomic E-state index is 0.0519. The van der Waals surface area contributed by atoms with Crippen molar-refractivity contribution >= 4 is 25.4 Å². The monoisotopic (exact) mass is 353 g/mol. The van der Waals surface area contributed by atoms with E-state index in [9.17, 15) is 9.90 Å². The fourth-order valence-corrected chi connectivity index (χ4v) is 3.07. The predicted molar refractivity (Wildman–Crippen MR) is 96.3 cm³/mol. The maximum absolute atomic E-state index is 11.7. The van der Waals surface area contributed by atoms with Gasteiger partial charge in [-0.25, -0.2) is 4.98 Å². The molecule has 9 heteroatoms. The Morgan fingerprint density at radius 1 is 1.46 bits per heavy atom. The number of aliphatic hydroxyl groups excluding tert-OH is 1. The molecule has 1 unspecified atom stereocenters. The van der Waals surface area contributed by atoms with Crippen LogP contribution in [0.15, 0.2) is 11.1 Å². The fraction of sp³-hybridized carbons (Fsp3) is 0.667. The quantitative estimate of drug-likeness (QED) is 0.677. The second-order valence-electron chi connectivity index (χ2n) is 7.58. The van der Waals surface area contributed by atoms with E-state index in [1.165, 1.54) is 6.33 Å². The molecule has 4 N–H and O–H groups in total. The van der Waals surface area contributed by atoms with E-state index in [0.29, 0.717) is 25.2 Å². The Balaban J connectivity index is 1.98. The summed E-state index contributed by atoms with van der Waals surface area (Å²) in [5.41, 5.74) is 5.88. The number of nitrogens with one attached hydrogen (secondary N) is 1. The maximum atomic E-state index is 11.7. The topological polar surface area (TPSA) is 119 Å². The zero-order chi connectivity index (χ0) is 18.1. The smallest absolute Gasteiger partial charge is 0.280 e. The Hall–Kier alpha value is -1.71. The van der Waals surface area contributed by atoms with E-state index in [4.69, 9.17) is 10.2 Å². The fourth-order valence-electron chi connectivity index (χ4n) is 2.03. The first kappa shape index (κ1) is 18.6. The van der Waals surface area contributed by atoms with Crippen LogP contribution in [0.5, 0.6) is 0 Å². The van der Waals surface area contributed by atoms with Gasteiger partial charge in [-0.2, -0.15) is 4.98 Å². The first-order chi connectivity index (χ1) is 11.0. The van der Waals surface area contributed by atoms with Crippen molar-refractivity contribution in [3.05, 3.63) is 16.7 Å². The highest BCUT2D eigenvalue weighted by Gasteiger charge is 2.37. The third kappa shape index (κ3) is 4.03. The average molecular weight is 353 g/mol. The number of aliphatic hydroxyl groups is 1. The molecule has 24 heavy (non-hydrogen) atoms. The van der Waals surface area contributed by atoms with Crippen molar-refractivity contribution in [3.63, 3.8) is 0 Å². The Bertz CT molecular complexity index is 763. The standard InChI is InChI=1S/C15H27N5O3Si/c1-15(2,3)24(4,5)23-8-10(21)6-7-20-9-17-11-12(20)18-14(16)19-13(11)22/h9-10,21H,6-8H2,1-5H3,(H3,16,18,19,22). The normalized spacial score (nSPS) is 14.2. The lowest BCUT2D eigenvalue weighted by Crippen LogP contribution is -2.42. The summed E-state index contributed by atoms with van der Waals surface area (Å²) in [7, 11) is -1.88. The zero-order valence-electron chi connectivity index (χ0n) is 15.0. The third-order valence-electron chi connectivity index (χ3n) is 4.64. The first-order valence-corrected chi connectivity index (χ1v) is 10.9. The lowest BCUT2D eigenvalue weighted by Gasteiger charge is -2.36. The highest BCUT2D eigenvalue weighted by Crippen LogP contribution is 2.36. The van der Waals surface area contributed by atoms with Gasteiger partial charge < -0.3 is 19.8 Å². The second kappa shape index (κ2) is 6.65. The van der Waals surface area contributed by atoms with E-state index in [0.717, 1.165) is 0 Å². The third-order valence-corrected chi connectivity index (χ3v) is 9.14. The van der Waals surface area contributed by atoms with Gasteiger partial charge in [-0.3, -0.25) is 9.78 Å². The molecule has 1 atom stereocenters. The van der Waals surface area contributed by atoms with Gasteiger partial charge in [0.1, 0.15) is 0 Å². The summed E-state index contributed by atoms with van der Waals surface area (Å²) in [6.45, 7) is 11.6. The lowest BCUT2D eigenvalue weighted by atomic mass is 10.2. The number of rotatable bonds is 6. The molecule has 0 aromatic carbocycles. The van der Waals surface area contributed by atoms with Gasteiger partial charge in [-0.1, -0.05) is 20.8 Å². The molecule has 0 radical (unpaired) electrons. The van der Waals surface area contributed by atoms with Crippen LogP contribution >= 0.6 is 0 Å². The van der Waals surface area contributed by atoms with E-state index in [-0.39, 0.29) is 22.1 Å². The molecule has 0 amide bonds. The van der Waals surface area contributed by atoms with E-state index in [1.807, 2.05) is 0 Å². The number of aryl methyl sites for hydroxylation is 1. The van der Waals surface area contributed by atoms with E-state index < -0.39 is 14.4 Å². The number of fused-ring (bicyclic) bond motifs is 1. The SMILES string of the molecule is CC(C)(C)[Si](C)(C)OCC(O)CCn1cnc2c(=O)[nH]c(N)nc21. The van der Waals surface area contributed by atoms with Crippen LogP contribution in [-0.4, -0.2) is 45.7 Å². The summed E-state index contributed by atoms with van der Waals surface area (Å²) in [4.78, 5) is 22.3. The van der Waals surface area contributed by atoms with E-state index in [1.54, 1.807) is 4.57 Å². The zero-order valence-corrected chi connectivity index (χ0v) is 16.0. The molecule has 0 fully saturated rings. The summed E-state index contributed by atoms with van der Waals surface area (Å²) in [5, 5.41) is 10.3. The number of hydrogen-bond donors (Lipinski definition) is 3. The van der Waals surface area contributed by atoms with Gasteiger partial charge >= 0.3 is 0 Å². The van der Waals surface area contributed by atoms with Gasteiger partial charge in [-0.15, -0.1) is 0 Å². The number of H-pyrrole nitrogens is 1. The number of aromatic nitrogens is 4. The summed E-state index contributed by atoms with van der Waals surface area (Å²) in [5.74, 6) is 0.0519. The molecule has 134 valence electrons. The Labute approximate surface area is 142 Å². The molecule has 2 heterocycles. The van der Waals surface area contributed by atoms with Crippen LogP contribution in [0.1, 0.15) is 27.2 Å². The average Bonchev–Trinajstić information content (AvgIpc) is 2.85. The van der Waals surface area contributed by atoms with Crippen molar-refractivity contribution in [2.75, 3.05) is 12.3 Å². The van der Waals surface area contributed by atoms with Crippen molar-refractivity contribution in [1.29, 1.82) is 0 Å². The van der Waals surface area contributed by atoms with Crippen molar-refractivity contribution in [2.45, 2.75) is 58.0 Å². The molecule has 8 nitrogen and oxygen atoms in total. The van der Waals surface area contributed by atoms with Crippen LogP contribution in [0.2, 0.25) is 18.1 Å². The molecule has 0 aliphatic rings. The van der Waals surface area contributed by atoms with Gasteiger partial charge in [0, 0.05) is 6.54 Å². The molecule has 0 bridgehead atoms. The number of hydrogen-bond acceptors (Lipinski definition) is 6. The first-order valence-electron chi connectivity index (χ1n) is 8.04. The van der Waals surface area contributed by atoms with Crippen LogP contribution in [0.25, 0.3) is 11.2 Å². The molecule has 0 spiro atoms. The maximum Gasteiger partial charge on any atom is 0.280 e. The number of anilines is 1. The van der Waals surface area contributed by atoms with Crippen molar-refractivity contribution in [2.24, 2.45) is 0 Å². The highest BCUT2D eigenvalue weighted by atomic mass is 28.4. The number of nitrogens with zero attached hydrogens (tertiary/aromatic N) is 3. The molecule has 2 aromatic heterocycles. The van der Waals surface area contributed by atoms with Crippen molar-refractivity contribution in [3.8, 4) is 0 Å². The molecular weight excluding hydrogens is 326 g/mol. The minimum Gasteiger partial charge on any atom is -0.414 e. The van der Waals surface area contributed by atoms with Gasteiger partial charge in [0.05, 0.1) is 19.0 Å². The van der Waals surface area contributed by atoms with Gasteiger partial charge in [0.2, 0.25) is 5.95 Å². The number of imidazole rings is 1. The molecule has 2 rings (SSSR count). The Morgan fingerprint density at radius 2 is 2.12 bits per heavy atom. The van der Waals surface area contributed by atoms with E-state index in [2.05, 4.69) is 48.8 Å².